The maximum absolute atomic E-state index is 5.11. The number of aryl methyl sites for hydroxylation is 1. The summed E-state index contributed by atoms with van der Waals surface area (Å²) in [6.07, 6.45) is 0.638. The summed E-state index contributed by atoms with van der Waals surface area (Å²) in [5, 5.41) is 7.09. The van der Waals surface area contributed by atoms with E-state index in [0.29, 0.717) is 24.7 Å². The number of hydrogen-bond acceptors (Lipinski definition) is 4. The van der Waals surface area contributed by atoms with Crippen molar-refractivity contribution in [1.82, 2.24) is 20.4 Å². The molecular formula is C16H22BrN5O. The lowest BCUT2D eigenvalue weighted by Crippen LogP contribution is -2.38. The summed E-state index contributed by atoms with van der Waals surface area (Å²) < 4.78 is 6.21. The quantitative estimate of drug-likeness (QED) is 0.617. The highest BCUT2D eigenvalue weighted by molar-refractivity contribution is 9.10. The van der Waals surface area contributed by atoms with Gasteiger partial charge in [-0.3, -0.25) is 4.99 Å². The molecule has 0 aliphatic rings. The summed E-state index contributed by atoms with van der Waals surface area (Å²) in [6.45, 7) is 6.06. The van der Waals surface area contributed by atoms with Crippen LogP contribution in [0.15, 0.2) is 38.3 Å². The van der Waals surface area contributed by atoms with Gasteiger partial charge in [-0.1, -0.05) is 39.3 Å². The van der Waals surface area contributed by atoms with E-state index in [4.69, 9.17) is 4.52 Å². The summed E-state index contributed by atoms with van der Waals surface area (Å²) in [5.74, 6) is 2.14. The Morgan fingerprint density at radius 1 is 1.39 bits per heavy atom. The second kappa shape index (κ2) is 8.67. The Morgan fingerprint density at radius 2 is 2.17 bits per heavy atom. The molecule has 6 nitrogen and oxygen atoms in total. The second-order valence-corrected chi connectivity index (χ2v) is 6.02. The number of rotatable bonds is 6. The van der Waals surface area contributed by atoms with E-state index in [1.54, 1.807) is 0 Å². The number of halogens is 1. The van der Waals surface area contributed by atoms with Gasteiger partial charge in [0.2, 0.25) is 5.89 Å². The van der Waals surface area contributed by atoms with Crippen molar-refractivity contribution in [3.8, 4) is 0 Å². The van der Waals surface area contributed by atoms with Crippen molar-refractivity contribution in [2.75, 3.05) is 20.1 Å². The van der Waals surface area contributed by atoms with Crippen molar-refractivity contribution in [2.45, 2.75) is 26.8 Å². The van der Waals surface area contributed by atoms with E-state index >= 15 is 0 Å². The molecule has 0 fully saturated rings. The van der Waals surface area contributed by atoms with Gasteiger partial charge in [-0.05, 0) is 25.5 Å². The standard InChI is InChI=1S/C16H22BrN5O/c1-4-18-16(19-10-9-15-20-12(2)21-23-15)22(3)11-13-7-5-6-8-14(13)17/h5-8H,4,9-11H2,1-3H3,(H,18,19). The average molecular weight is 380 g/mol. The van der Waals surface area contributed by atoms with E-state index < -0.39 is 0 Å². The van der Waals surface area contributed by atoms with E-state index in [1.165, 1.54) is 5.56 Å². The first-order valence-electron chi connectivity index (χ1n) is 7.62. The minimum absolute atomic E-state index is 0.601. The molecule has 1 N–H and O–H groups in total. The second-order valence-electron chi connectivity index (χ2n) is 5.17. The number of hydrogen-bond donors (Lipinski definition) is 1. The molecule has 2 rings (SSSR count). The third-order valence-electron chi connectivity index (χ3n) is 3.22. The van der Waals surface area contributed by atoms with Crippen LogP contribution in [0.5, 0.6) is 0 Å². The van der Waals surface area contributed by atoms with E-state index in [2.05, 4.69) is 54.3 Å². The van der Waals surface area contributed by atoms with E-state index in [1.807, 2.05) is 32.2 Å². The molecule has 2 aromatic rings. The maximum Gasteiger partial charge on any atom is 0.228 e. The Bertz CT molecular complexity index is 655. The number of aliphatic imine (C=N–C) groups is 1. The Balaban J connectivity index is 1.98. The summed E-state index contributed by atoms with van der Waals surface area (Å²) >= 11 is 3.58. The van der Waals surface area contributed by atoms with Crippen molar-refractivity contribution >= 4 is 21.9 Å². The lowest BCUT2D eigenvalue weighted by molar-refractivity contribution is 0.375. The van der Waals surface area contributed by atoms with Crippen LogP contribution in [0.25, 0.3) is 0 Å². The first-order valence-corrected chi connectivity index (χ1v) is 8.41. The molecule has 23 heavy (non-hydrogen) atoms. The van der Waals surface area contributed by atoms with E-state index in [0.717, 1.165) is 23.5 Å². The van der Waals surface area contributed by atoms with Crippen molar-refractivity contribution in [3.05, 3.63) is 46.0 Å². The zero-order chi connectivity index (χ0) is 16.7. The molecule has 0 atom stereocenters. The molecule has 124 valence electrons. The predicted molar refractivity (Wildman–Crippen MR) is 94.3 cm³/mol. The predicted octanol–water partition coefficient (Wildman–Crippen LogP) is 2.78. The highest BCUT2D eigenvalue weighted by Gasteiger charge is 2.09. The number of nitrogens with zero attached hydrogens (tertiary/aromatic N) is 4. The summed E-state index contributed by atoms with van der Waals surface area (Å²) in [7, 11) is 2.03. The van der Waals surface area contributed by atoms with Crippen LogP contribution in [-0.2, 0) is 13.0 Å². The van der Waals surface area contributed by atoms with Crippen LogP contribution < -0.4 is 5.32 Å². The monoisotopic (exact) mass is 379 g/mol. The first-order chi connectivity index (χ1) is 11.1. The lowest BCUT2D eigenvalue weighted by atomic mass is 10.2. The number of nitrogens with one attached hydrogen (secondary N) is 1. The van der Waals surface area contributed by atoms with Gasteiger partial charge in [0.05, 0.1) is 6.54 Å². The zero-order valence-electron chi connectivity index (χ0n) is 13.7. The molecule has 0 aliphatic heterocycles. The molecule has 1 heterocycles. The van der Waals surface area contributed by atoms with Gasteiger partial charge >= 0.3 is 0 Å². The van der Waals surface area contributed by atoms with Gasteiger partial charge in [0, 0.05) is 31.0 Å². The van der Waals surface area contributed by atoms with Gasteiger partial charge in [0.15, 0.2) is 11.8 Å². The van der Waals surface area contributed by atoms with Gasteiger partial charge in [0.1, 0.15) is 0 Å². The Kier molecular flexibility index (Phi) is 6.58. The number of guanidine groups is 1. The fraction of sp³-hybridized carbons (Fsp3) is 0.438. The van der Waals surface area contributed by atoms with Crippen LogP contribution in [0.1, 0.15) is 24.2 Å². The summed E-state index contributed by atoms with van der Waals surface area (Å²) in [6, 6.07) is 8.20. The molecule has 1 aromatic carbocycles. The number of benzene rings is 1. The molecule has 0 bridgehead atoms. The minimum atomic E-state index is 0.601. The molecule has 0 radical (unpaired) electrons. The topological polar surface area (TPSA) is 66.5 Å². The van der Waals surface area contributed by atoms with Crippen LogP contribution in [0, 0.1) is 6.92 Å². The van der Waals surface area contributed by atoms with Crippen molar-refractivity contribution < 1.29 is 4.52 Å². The SMILES string of the molecule is CCNC(=NCCc1nc(C)no1)N(C)Cc1ccccc1Br. The van der Waals surface area contributed by atoms with Crippen LogP contribution >= 0.6 is 15.9 Å². The molecule has 0 saturated heterocycles. The highest BCUT2D eigenvalue weighted by atomic mass is 79.9. The van der Waals surface area contributed by atoms with E-state index in [-0.39, 0.29) is 0 Å². The molecule has 0 aliphatic carbocycles. The van der Waals surface area contributed by atoms with Gasteiger partial charge in [-0.25, -0.2) is 0 Å². The first kappa shape index (κ1) is 17.5. The molecule has 0 spiro atoms. The minimum Gasteiger partial charge on any atom is -0.357 e. The Morgan fingerprint density at radius 3 is 2.83 bits per heavy atom. The smallest absolute Gasteiger partial charge is 0.228 e. The van der Waals surface area contributed by atoms with Crippen molar-refractivity contribution in [1.29, 1.82) is 0 Å². The highest BCUT2D eigenvalue weighted by Crippen LogP contribution is 2.17. The lowest BCUT2D eigenvalue weighted by Gasteiger charge is -2.22. The average Bonchev–Trinajstić information content (AvgIpc) is 2.94. The largest absolute Gasteiger partial charge is 0.357 e. The summed E-state index contributed by atoms with van der Waals surface area (Å²) in [5.41, 5.74) is 1.22. The van der Waals surface area contributed by atoms with Crippen molar-refractivity contribution in [2.24, 2.45) is 4.99 Å². The third kappa shape index (κ3) is 5.35. The fourth-order valence-corrected chi connectivity index (χ4v) is 2.54. The fourth-order valence-electron chi connectivity index (χ4n) is 2.13. The van der Waals surface area contributed by atoms with Crippen LogP contribution in [0.2, 0.25) is 0 Å². The summed E-state index contributed by atoms with van der Waals surface area (Å²) in [4.78, 5) is 10.9. The van der Waals surface area contributed by atoms with E-state index in [9.17, 15) is 0 Å². The molecule has 7 heteroatoms. The van der Waals surface area contributed by atoms with Crippen LogP contribution in [0.4, 0.5) is 0 Å². The molecule has 0 amide bonds. The van der Waals surface area contributed by atoms with Crippen molar-refractivity contribution in [3.63, 3.8) is 0 Å². The maximum atomic E-state index is 5.11. The number of aromatic nitrogens is 2. The van der Waals surface area contributed by atoms with Gasteiger partial charge < -0.3 is 14.7 Å². The molecule has 0 saturated carbocycles. The van der Waals surface area contributed by atoms with Gasteiger partial charge in [0.25, 0.3) is 0 Å². The molecular weight excluding hydrogens is 358 g/mol. The molecule has 1 aromatic heterocycles. The normalized spacial score (nSPS) is 11.6. The molecule has 0 unspecified atom stereocenters. The van der Waals surface area contributed by atoms with Gasteiger partial charge in [-0.15, -0.1) is 0 Å². The third-order valence-corrected chi connectivity index (χ3v) is 3.99. The Labute approximate surface area is 145 Å². The van der Waals surface area contributed by atoms with Crippen LogP contribution in [-0.4, -0.2) is 41.1 Å². The van der Waals surface area contributed by atoms with Gasteiger partial charge in [-0.2, -0.15) is 4.98 Å². The zero-order valence-corrected chi connectivity index (χ0v) is 15.3. The van der Waals surface area contributed by atoms with Crippen LogP contribution in [0.3, 0.4) is 0 Å². The Hall–Kier alpha value is -1.89.